The molecule has 5 rings (SSSR count). The molecule has 176 valence electrons. The summed E-state index contributed by atoms with van der Waals surface area (Å²) in [5.74, 6) is 1.07. The number of halogens is 1. The first kappa shape index (κ1) is 22.7. The smallest absolute Gasteiger partial charge is 0.407 e. The molecule has 0 radical (unpaired) electrons. The van der Waals surface area contributed by atoms with E-state index in [0.29, 0.717) is 24.4 Å². The molecule has 7 heteroatoms. The second-order valence-corrected chi connectivity index (χ2v) is 9.96. The molecule has 0 unspecified atom stereocenters. The highest BCUT2D eigenvalue weighted by Gasteiger charge is 2.40. The summed E-state index contributed by atoms with van der Waals surface area (Å²) in [6, 6.07) is 10.7. The SMILES string of the molecule is CCOC(=O)N[C@H]1CC[C@@H]2[C@H](Cc3sncc3[C@H]2/C=C/c2ccc(-c3cccc(F)c3)cn2)C1. The second-order valence-electron chi connectivity index (χ2n) is 9.07. The van der Waals surface area contributed by atoms with E-state index in [-0.39, 0.29) is 18.0 Å². The summed E-state index contributed by atoms with van der Waals surface area (Å²) in [7, 11) is 0. The zero-order chi connectivity index (χ0) is 23.5. The average Bonchev–Trinajstić information content (AvgIpc) is 3.30. The molecule has 2 aromatic heterocycles. The fourth-order valence-electron chi connectivity index (χ4n) is 5.42. The zero-order valence-electron chi connectivity index (χ0n) is 19.1. The van der Waals surface area contributed by atoms with Crippen molar-refractivity contribution in [2.24, 2.45) is 11.8 Å². The van der Waals surface area contributed by atoms with Crippen molar-refractivity contribution >= 4 is 23.7 Å². The summed E-state index contributed by atoms with van der Waals surface area (Å²) < 4.78 is 23.1. The maximum absolute atomic E-state index is 13.5. The predicted molar refractivity (Wildman–Crippen MR) is 132 cm³/mol. The molecular weight excluding hydrogens is 449 g/mol. The van der Waals surface area contributed by atoms with Crippen molar-refractivity contribution < 1.29 is 13.9 Å². The summed E-state index contributed by atoms with van der Waals surface area (Å²) in [6.45, 7) is 2.21. The number of pyridine rings is 1. The van der Waals surface area contributed by atoms with Gasteiger partial charge in [-0.1, -0.05) is 24.3 Å². The first-order chi connectivity index (χ1) is 16.6. The molecule has 1 aromatic carbocycles. The molecule has 1 N–H and O–H groups in total. The molecule has 3 aromatic rings. The monoisotopic (exact) mass is 477 g/mol. The normalized spacial score (nSPS) is 23.8. The molecular formula is C27H28FN3O2S. The van der Waals surface area contributed by atoms with Crippen LogP contribution in [0.25, 0.3) is 17.2 Å². The van der Waals surface area contributed by atoms with Gasteiger partial charge in [-0.15, -0.1) is 0 Å². The largest absolute Gasteiger partial charge is 0.450 e. The number of nitrogens with zero attached hydrogens (tertiary/aromatic N) is 2. The Labute approximate surface area is 203 Å². The number of nitrogens with one attached hydrogen (secondary N) is 1. The molecule has 2 aliphatic carbocycles. The van der Waals surface area contributed by atoms with Crippen LogP contribution in [0.4, 0.5) is 9.18 Å². The van der Waals surface area contributed by atoms with Gasteiger partial charge in [0.25, 0.3) is 0 Å². The minimum atomic E-state index is -0.315. The third-order valence-electron chi connectivity index (χ3n) is 7.00. The van der Waals surface area contributed by atoms with Crippen molar-refractivity contribution in [3.63, 3.8) is 0 Å². The van der Waals surface area contributed by atoms with Crippen molar-refractivity contribution in [3.8, 4) is 11.1 Å². The summed E-state index contributed by atoms with van der Waals surface area (Å²) in [6.07, 6.45) is 11.9. The molecule has 1 fully saturated rings. The minimum Gasteiger partial charge on any atom is -0.450 e. The number of allylic oxidation sites excluding steroid dienone is 1. The lowest BCUT2D eigenvalue weighted by molar-refractivity contribution is 0.129. The zero-order valence-corrected chi connectivity index (χ0v) is 19.9. The summed E-state index contributed by atoms with van der Waals surface area (Å²) in [4.78, 5) is 17.8. The van der Waals surface area contributed by atoms with Crippen LogP contribution in [-0.4, -0.2) is 28.1 Å². The Bertz CT molecular complexity index is 1180. The lowest BCUT2D eigenvalue weighted by Gasteiger charge is -2.42. The molecule has 0 spiro atoms. The number of fused-ring (bicyclic) bond motifs is 2. The number of amides is 1. The third kappa shape index (κ3) is 4.89. The van der Waals surface area contributed by atoms with Gasteiger partial charge in [-0.05, 0) is 91.4 Å². The quantitative estimate of drug-likeness (QED) is 0.473. The molecule has 4 atom stereocenters. The van der Waals surface area contributed by atoms with E-state index in [9.17, 15) is 9.18 Å². The first-order valence-corrected chi connectivity index (χ1v) is 12.6. The molecule has 5 nitrogen and oxygen atoms in total. The van der Waals surface area contributed by atoms with Crippen molar-refractivity contribution in [2.75, 3.05) is 6.61 Å². The van der Waals surface area contributed by atoms with Gasteiger partial charge >= 0.3 is 6.09 Å². The number of benzene rings is 1. The van der Waals surface area contributed by atoms with Crippen LogP contribution in [0.1, 0.15) is 48.2 Å². The van der Waals surface area contributed by atoms with Gasteiger partial charge in [0, 0.05) is 34.8 Å². The lowest BCUT2D eigenvalue weighted by Crippen LogP contribution is -2.43. The van der Waals surface area contributed by atoms with E-state index < -0.39 is 0 Å². The molecule has 0 saturated heterocycles. The first-order valence-electron chi connectivity index (χ1n) is 11.9. The number of carbonyl (C=O) groups is 1. The van der Waals surface area contributed by atoms with E-state index in [1.807, 2.05) is 31.3 Å². The molecule has 1 amide bonds. The average molecular weight is 478 g/mol. The van der Waals surface area contributed by atoms with Crippen molar-refractivity contribution in [3.05, 3.63) is 76.8 Å². The van der Waals surface area contributed by atoms with Crippen LogP contribution in [0.5, 0.6) is 0 Å². The summed E-state index contributed by atoms with van der Waals surface area (Å²) in [5.41, 5.74) is 3.92. The topological polar surface area (TPSA) is 64.1 Å². The predicted octanol–water partition coefficient (Wildman–Crippen LogP) is 6.23. The molecule has 0 bridgehead atoms. The lowest BCUT2D eigenvalue weighted by atomic mass is 9.64. The molecule has 0 aliphatic heterocycles. The second kappa shape index (κ2) is 10.1. The van der Waals surface area contributed by atoms with E-state index in [1.165, 1.54) is 22.6 Å². The molecule has 1 saturated carbocycles. The fourth-order valence-corrected chi connectivity index (χ4v) is 6.30. The van der Waals surface area contributed by atoms with Gasteiger partial charge in [-0.3, -0.25) is 4.98 Å². The van der Waals surface area contributed by atoms with Gasteiger partial charge in [0.1, 0.15) is 5.82 Å². The van der Waals surface area contributed by atoms with Gasteiger partial charge in [0.2, 0.25) is 0 Å². The fraction of sp³-hybridized carbons (Fsp3) is 0.370. The number of alkyl carbamates (subject to hydrolysis) is 1. The number of carbonyl (C=O) groups excluding carboxylic acids is 1. The van der Waals surface area contributed by atoms with Gasteiger partial charge in [0.15, 0.2) is 0 Å². The number of ether oxygens (including phenoxy) is 1. The van der Waals surface area contributed by atoms with Gasteiger partial charge in [-0.2, -0.15) is 0 Å². The van der Waals surface area contributed by atoms with Crippen LogP contribution in [0.2, 0.25) is 0 Å². The Morgan fingerprint density at radius 2 is 2.15 bits per heavy atom. The maximum atomic E-state index is 13.5. The van der Waals surface area contributed by atoms with Gasteiger partial charge in [0.05, 0.1) is 12.3 Å². The van der Waals surface area contributed by atoms with Gasteiger partial charge < -0.3 is 10.1 Å². The van der Waals surface area contributed by atoms with Crippen molar-refractivity contribution in [1.82, 2.24) is 14.7 Å². The van der Waals surface area contributed by atoms with Crippen LogP contribution in [0.15, 0.2) is 54.9 Å². The standard InChI is InChI=1S/C27H28FN3O2S/c1-2-33-27(32)31-22-9-10-23-19(13-22)14-26-25(16-30-34-26)24(23)11-8-21-7-6-18(15-29-21)17-4-3-5-20(28)12-17/h3-8,11-12,15-16,19,22-24H,2,9-10,13-14H2,1H3,(H,31,32)/b11-8+/t19-,22-,23+,24-/m0/s1. The highest BCUT2D eigenvalue weighted by atomic mass is 32.1. The van der Waals surface area contributed by atoms with Crippen LogP contribution in [-0.2, 0) is 11.2 Å². The number of hydrogen-bond acceptors (Lipinski definition) is 5. The van der Waals surface area contributed by atoms with Gasteiger partial charge in [-0.25, -0.2) is 13.6 Å². The highest BCUT2D eigenvalue weighted by Crippen LogP contribution is 2.48. The maximum Gasteiger partial charge on any atom is 0.407 e. The van der Waals surface area contributed by atoms with Crippen molar-refractivity contribution in [2.45, 2.75) is 44.6 Å². The Kier molecular flexibility index (Phi) is 6.72. The molecule has 34 heavy (non-hydrogen) atoms. The summed E-state index contributed by atoms with van der Waals surface area (Å²) >= 11 is 1.59. The Morgan fingerprint density at radius 1 is 1.24 bits per heavy atom. The Hall–Kier alpha value is -3.06. The van der Waals surface area contributed by atoms with Crippen molar-refractivity contribution in [1.29, 1.82) is 0 Å². The Balaban J connectivity index is 1.32. The number of hydrogen-bond donors (Lipinski definition) is 1. The van der Waals surface area contributed by atoms with E-state index in [2.05, 4.69) is 26.8 Å². The third-order valence-corrected chi connectivity index (χ3v) is 7.84. The molecule has 2 heterocycles. The van der Waals surface area contributed by atoms with E-state index in [4.69, 9.17) is 4.74 Å². The molecule has 2 aliphatic rings. The number of aromatic nitrogens is 2. The number of rotatable bonds is 5. The van der Waals surface area contributed by atoms with Crippen LogP contribution < -0.4 is 5.32 Å². The van der Waals surface area contributed by atoms with Crippen LogP contribution >= 0.6 is 11.5 Å². The Morgan fingerprint density at radius 3 is 2.94 bits per heavy atom. The van der Waals surface area contributed by atoms with E-state index in [1.54, 1.807) is 23.8 Å². The minimum absolute atomic E-state index is 0.163. The van der Waals surface area contributed by atoms with Crippen LogP contribution in [0.3, 0.4) is 0 Å². The van der Waals surface area contributed by atoms with E-state index in [0.717, 1.165) is 42.5 Å². The van der Waals surface area contributed by atoms with E-state index >= 15 is 0 Å². The highest BCUT2D eigenvalue weighted by molar-refractivity contribution is 7.05. The van der Waals surface area contributed by atoms with Crippen LogP contribution in [0, 0.1) is 17.7 Å². The summed E-state index contributed by atoms with van der Waals surface area (Å²) in [5, 5.41) is 3.04.